The molecule has 0 bridgehead atoms. The van der Waals surface area contributed by atoms with Crippen LogP contribution in [-0.4, -0.2) is 73.0 Å². The van der Waals surface area contributed by atoms with Crippen molar-refractivity contribution in [3.8, 4) is 0 Å². The highest BCUT2D eigenvalue weighted by molar-refractivity contribution is 7.80. The maximum atomic E-state index is 11.6. The molecule has 1 N–H and O–H groups in total. The largest absolute Gasteiger partial charge is 0.450 e. The standard InChI is InChI=1S/C13H23N3O3S/c1-2-18-13(17)16-7-5-15(6-8-16)12(20)14-10-11-4-3-9-19-11/h11H,2-10H2,1H3,(H,14,20)/t11-/m1/s1. The van der Waals surface area contributed by atoms with Gasteiger partial charge in [-0.15, -0.1) is 0 Å². The van der Waals surface area contributed by atoms with Crippen molar-refractivity contribution in [3.05, 3.63) is 0 Å². The second-order valence-corrected chi connectivity index (χ2v) is 5.38. The molecule has 2 aliphatic rings. The fourth-order valence-electron chi connectivity index (χ4n) is 2.43. The highest BCUT2D eigenvalue weighted by Crippen LogP contribution is 2.11. The van der Waals surface area contributed by atoms with Crippen LogP contribution in [0.5, 0.6) is 0 Å². The molecule has 0 aromatic carbocycles. The molecule has 6 nitrogen and oxygen atoms in total. The maximum absolute atomic E-state index is 11.6. The van der Waals surface area contributed by atoms with E-state index in [2.05, 4.69) is 10.2 Å². The zero-order valence-corrected chi connectivity index (χ0v) is 12.8. The van der Waals surface area contributed by atoms with Gasteiger partial charge in [-0.25, -0.2) is 4.79 Å². The summed E-state index contributed by atoms with van der Waals surface area (Å²) in [6.07, 6.45) is 2.29. The van der Waals surface area contributed by atoms with Crippen LogP contribution in [0.2, 0.25) is 0 Å². The molecular formula is C13H23N3O3S. The van der Waals surface area contributed by atoms with Gasteiger partial charge >= 0.3 is 6.09 Å². The van der Waals surface area contributed by atoms with E-state index in [0.29, 0.717) is 19.7 Å². The number of nitrogens with zero attached hydrogens (tertiary/aromatic N) is 2. The van der Waals surface area contributed by atoms with Gasteiger partial charge in [0.05, 0.1) is 12.7 Å². The molecule has 0 spiro atoms. The number of rotatable bonds is 3. The number of hydrogen-bond donors (Lipinski definition) is 1. The second-order valence-electron chi connectivity index (χ2n) is 4.99. The van der Waals surface area contributed by atoms with E-state index in [9.17, 15) is 4.79 Å². The molecule has 2 fully saturated rings. The van der Waals surface area contributed by atoms with E-state index < -0.39 is 0 Å². The Hall–Kier alpha value is -1.08. The van der Waals surface area contributed by atoms with Crippen LogP contribution >= 0.6 is 12.2 Å². The van der Waals surface area contributed by atoms with E-state index in [0.717, 1.165) is 44.2 Å². The number of amides is 1. The zero-order chi connectivity index (χ0) is 14.4. The highest BCUT2D eigenvalue weighted by atomic mass is 32.1. The Labute approximate surface area is 125 Å². The molecule has 2 rings (SSSR count). The van der Waals surface area contributed by atoms with Gasteiger partial charge in [0.15, 0.2) is 5.11 Å². The zero-order valence-electron chi connectivity index (χ0n) is 12.0. The summed E-state index contributed by atoms with van der Waals surface area (Å²) in [6, 6.07) is 0. The molecule has 7 heteroatoms. The Bertz CT molecular complexity index is 340. The van der Waals surface area contributed by atoms with E-state index in [4.69, 9.17) is 21.7 Å². The summed E-state index contributed by atoms with van der Waals surface area (Å²) in [5, 5.41) is 4.01. The van der Waals surface area contributed by atoms with Gasteiger partial charge in [-0.05, 0) is 32.0 Å². The van der Waals surface area contributed by atoms with Crippen LogP contribution in [-0.2, 0) is 9.47 Å². The Morgan fingerprint density at radius 3 is 2.65 bits per heavy atom. The van der Waals surface area contributed by atoms with E-state index in [1.54, 1.807) is 4.90 Å². The fourth-order valence-corrected chi connectivity index (χ4v) is 2.69. The fraction of sp³-hybridized carbons (Fsp3) is 0.846. The van der Waals surface area contributed by atoms with Crippen LogP contribution < -0.4 is 5.32 Å². The van der Waals surface area contributed by atoms with Gasteiger partial charge < -0.3 is 24.6 Å². The smallest absolute Gasteiger partial charge is 0.409 e. The minimum Gasteiger partial charge on any atom is -0.450 e. The van der Waals surface area contributed by atoms with Crippen molar-refractivity contribution in [1.82, 2.24) is 15.1 Å². The molecule has 0 radical (unpaired) electrons. The van der Waals surface area contributed by atoms with Gasteiger partial charge in [0.1, 0.15) is 0 Å². The van der Waals surface area contributed by atoms with Crippen molar-refractivity contribution in [2.45, 2.75) is 25.9 Å². The summed E-state index contributed by atoms with van der Waals surface area (Å²) in [6.45, 7) is 6.67. The molecule has 2 aliphatic heterocycles. The molecule has 2 saturated heterocycles. The molecule has 20 heavy (non-hydrogen) atoms. The van der Waals surface area contributed by atoms with Gasteiger partial charge in [-0.2, -0.15) is 0 Å². The van der Waals surface area contributed by atoms with Gasteiger partial charge in [0.25, 0.3) is 0 Å². The molecule has 0 saturated carbocycles. The van der Waals surface area contributed by atoms with Crippen LogP contribution in [0.1, 0.15) is 19.8 Å². The van der Waals surface area contributed by atoms with Crippen molar-refractivity contribution < 1.29 is 14.3 Å². The van der Waals surface area contributed by atoms with Crippen molar-refractivity contribution in [1.29, 1.82) is 0 Å². The minimum atomic E-state index is -0.231. The number of carbonyl (C=O) groups excluding carboxylic acids is 1. The lowest BCUT2D eigenvalue weighted by Crippen LogP contribution is -2.53. The molecule has 0 aromatic heterocycles. The third kappa shape index (κ3) is 4.21. The molecule has 0 unspecified atom stereocenters. The number of nitrogens with one attached hydrogen (secondary N) is 1. The summed E-state index contributed by atoms with van der Waals surface area (Å²) in [5.41, 5.74) is 0. The molecule has 1 amide bonds. The van der Waals surface area contributed by atoms with Gasteiger partial charge in [-0.1, -0.05) is 0 Å². The maximum Gasteiger partial charge on any atom is 0.409 e. The topological polar surface area (TPSA) is 54.0 Å². The molecule has 0 aliphatic carbocycles. The van der Waals surface area contributed by atoms with Gasteiger partial charge in [0, 0.05) is 39.3 Å². The van der Waals surface area contributed by atoms with Crippen LogP contribution in [0.15, 0.2) is 0 Å². The summed E-state index contributed by atoms with van der Waals surface area (Å²) in [4.78, 5) is 15.4. The van der Waals surface area contributed by atoms with Crippen LogP contribution in [0.25, 0.3) is 0 Å². The first-order chi connectivity index (χ1) is 9.70. The molecular weight excluding hydrogens is 278 g/mol. The van der Waals surface area contributed by atoms with Crippen LogP contribution in [0.4, 0.5) is 4.79 Å². The lowest BCUT2D eigenvalue weighted by atomic mass is 10.2. The number of thiocarbonyl (C=S) groups is 1. The predicted octanol–water partition coefficient (Wildman–Crippen LogP) is 0.814. The van der Waals surface area contributed by atoms with Crippen molar-refractivity contribution in [2.75, 3.05) is 45.9 Å². The minimum absolute atomic E-state index is 0.231. The average Bonchev–Trinajstić information content (AvgIpc) is 2.98. The second kappa shape index (κ2) is 7.64. The van der Waals surface area contributed by atoms with Crippen LogP contribution in [0, 0.1) is 0 Å². The molecule has 0 aromatic rings. The first-order valence-electron chi connectivity index (χ1n) is 7.26. The van der Waals surface area contributed by atoms with Crippen molar-refractivity contribution in [3.63, 3.8) is 0 Å². The summed E-state index contributed by atoms with van der Waals surface area (Å²) >= 11 is 5.39. The van der Waals surface area contributed by atoms with Crippen molar-refractivity contribution in [2.24, 2.45) is 0 Å². The van der Waals surface area contributed by atoms with Gasteiger partial charge in [0.2, 0.25) is 0 Å². The third-order valence-electron chi connectivity index (χ3n) is 3.60. The van der Waals surface area contributed by atoms with Crippen molar-refractivity contribution >= 4 is 23.4 Å². The van der Waals surface area contributed by atoms with E-state index in [1.807, 2.05) is 6.92 Å². The normalized spacial score (nSPS) is 22.8. The number of ether oxygens (including phenoxy) is 2. The lowest BCUT2D eigenvalue weighted by molar-refractivity contribution is 0.0912. The lowest BCUT2D eigenvalue weighted by Gasteiger charge is -2.35. The number of hydrogen-bond acceptors (Lipinski definition) is 4. The Morgan fingerprint density at radius 1 is 1.35 bits per heavy atom. The highest BCUT2D eigenvalue weighted by Gasteiger charge is 2.23. The first-order valence-corrected chi connectivity index (χ1v) is 7.67. The number of carbonyl (C=O) groups is 1. The van der Waals surface area contributed by atoms with E-state index in [-0.39, 0.29) is 12.2 Å². The summed E-state index contributed by atoms with van der Waals surface area (Å²) < 4.78 is 10.6. The molecule has 1 atom stereocenters. The average molecular weight is 301 g/mol. The monoisotopic (exact) mass is 301 g/mol. The van der Waals surface area contributed by atoms with E-state index >= 15 is 0 Å². The van der Waals surface area contributed by atoms with Crippen LogP contribution in [0.3, 0.4) is 0 Å². The Kier molecular flexibility index (Phi) is 5.85. The Balaban J connectivity index is 1.67. The first kappa shape index (κ1) is 15.3. The Morgan fingerprint density at radius 2 is 2.05 bits per heavy atom. The quantitative estimate of drug-likeness (QED) is 0.779. The summed E-state index contributed by atoms with van der Waals surface area (Å²) in [7, 11) is 0. The third-order valence-corrected chi connectivity index (χ3v) is 4.00. The molecule has 114 valence electrons. The van der Waals surface area contributed by atoms with Gasteiger partial charge in [-0.3, -0.25) is 0 Å². The van der Waals surface area contributed by atoms with E-state index in [1.165, 1.54) is 0 Å². The predicted molar refractivity (Wildman–Crippen MR) is 79.7 cm³/mol. The SMILES string of the molecule is CCOC(=O)N1CCN(C(=S)NC[C@H]2CCCO2)CC1. The summed E-state index contributed by atoms with van der Waals surface area (Å²) in [5.74, 6) is 0. The molecule has 2 heterocycles. The number of piperazine rings is 1.